The van der Waals surface area contributed by atoms with Crippen LogP contribution in [0.15, 0.2) is 55.1 Å². The Bertz CT molecular complexity index is 1300. The Kier molecular flexibility index (Phi) is 7.13. The molecule has 5 rings (SSSR count). The zero-order valence-corrected chi connectivity index (χ0v) is 20.4. The van der Waals surface area contributed by atoms with Crippen molar-refractivity contribution in [3.63, 3.8) is 0 Å². The molecule has 3 aromatic rings. The van der Waals surface area contributed by atoms with Crippen molar-refractivity contribution in [2.24, 2.45) is 5.92 Å². The van der Waals surface area contributed by atoms with E-state index in [1.807, 2.05) is 47.1 Å². The molecule has 0 spiro atoms. The van der Waals surface area contributed by atoms with E-state index in [-0.39, 0.29) is 18.6 Å². The number of imidazole rings is 1. The van der Waals surface area contributed by atoms with Gasteiger partial charge in [-0.2, -0.15) is 5.06 Å². The Morgan fingerprint density at radius 2 is 2.06 bits per heavy atom. The van der Waals surface area contributed by atoms with Crippen LogP contribution >= 0.6 is 7.75 Å². The van der Waals surface area contributed by atoms with Gasteiger partial charge in [0.25, 0.3) is 0 Å². The normalized spacial score (nSPS) is 23.8. The Labute approximate surface area is 207 Å². The average Bonchev–Trinajstić information content (AvgIpc) is 3.61. The van der Waals surface area contributed by atoms with Crippen molar-refractivity contribution in [1.82, 2.24) is 29.7 Å². The van der Waals surface area contributed by atoms with Gasteiger partial charge in [0.1, 0.15) is 17.9 Å². The summed E-state index contributed by atoms with van der Waals surface area (Å²) in [5, 5.41) is 3.75. The van der Waals surface area contributed by atoms with E-state index in [2.05, 4.69) is 20.0 Å². The predicted molar refractivity (Wildman–Crippen MR) is 131 cm³/mol. The van der Waals surface area contributed by atoms with E-state index >= 15 is 0 Å². The molecule has 13 heteroatoms. The fraction of sp³-hybridized carbons (Fsp3) is 0.391. The highest BCUT2D eigenvalue weighted by molar-refractivity contribution is 7.51. The lowest BCUT2D eigenvalue weighted by Gasteiger charge is -2.24. The number of carbonyl (C=O) groups is 1. The summed E-state index contributed by atoms with van der Waals surface area (Å²) >= 11 is 0. The molecule has 190 valence electrons. The van der Waals surface area contributed by atoms with Gasteiger partial charge in [0.05, 0.1) is 25.6 Å². The van der Waals surface area contributed by atoms with Crippen LogP contribution in [0.2, 0.25) is 0 Å². The molecule has 2 aromatic heterocycles. The maximum Gasteiger partial charge on any atom is 0.432 e. The molecule has 1 aromatic carbocycles. The second kappa shape index (κ2) is 10.5. The molecule has 1 fully saturated rings. The molecule has 1 aliphatic heterocycles. The molecule has 2 aliphatic rings. The van der Waals surface area contributed by atoms with Crippen molar-refractivity contribution in [3.05, 3.63) is 60.7 Å². The molecule has 0 bridgehead atoms. The molecule has 1 aliphatic carbocycles. The number of fused-ring (bicyclic) bond motifs is 1. The van der Waals surface area contributed by atoms with Crippen molar-refractivity contribution in [2.45, 2.75) is 38.0 Å². The van der Waals surface area contributed by atoms with Crippen molar-refractivity contribution in [2.75, 3.05) is 18.9 Å². The Morgan fingerprint density at radius 3 is 2.89 bits per heavy atom. The molecule has 3 unspecified atom stereocenters. The molecule has 4 atom stereocenters. The van der Waals surface area contributed by atoms with E-state index in [0.717, 1.165) is 12.0 Å². The minimum atomic E-state index is -4.35. The van der Waals surface area contributed by atoms with Gasteiger partial charge < -0.3 is 15.2 Å². The maximum atomic E-state index is 12.7. The number of allylic oxidation sites excluding steroid dienone is 1. The van der Waals surface area contributed by atoms with E-state index in [4.69, 9.17) is 15.1 Å². The molecule has 12 nitrogen and oxygen atoms in total. The quantitative estimate of drug-likeness (QED) is 0.286. The summed E-state index contributed by atoms with van der Waals surface area (Å²) in [5.74, 6) is -0.404. The number of benzene rings is 1. The number of nitrogens with two attached hydrogens (primary N) is 1. The van der Waals surface area contributed by atoms with E-state index in [9.17, 15) is 14.3 Å². The van der Waals surface area contributed by atoms with Gasteiger partial charge in [-0.3, -0.25) is 19.2 Å². The predicted octanol–water partition coefficient (Wildman–Crippen LogP) is 2.36. The zero-order valence-electron chi connectivity index (χ0n) is 19.5. The number of aromatic nitrogens is 4. The third kappa shape index (κ3) is 5.48. The molecule has 0 radical (unpaired) electrons. The van der Waals surface area contributed by atoms with Crippen LogP contribution in [0.5, 0.6) is 0 Å². The lowest BCUT2D eigenvalue weighted by molar-refractivity contribution is -0.183. The summed E-state index contributed by atoms with van der Waals surface area (Å²) in [4.78, 5) is 41.3. The third-order valence-corrected chi connectivity index (χ3v) is 7.36. The van der Waals surface area contributed by atoms with Crippen LogP contribution < -0.4 is 10.8 Å². The standard InChI is InChI=1S/C23H28N7O5P/c24-21-20-22(26-14-25-21)29(15-27-20)18-9-8-17(11-18)13-35-36(32,33)28-23(31)19-7-4-10-30(19)34-12-16-5-2-1-3-6-16/h1-3,5-6,8-9,14-15,17-19H,4,7,10-13H2,(H2,24,25,26)(H2,28,31,32,33)/t17?,18?,19-/m0/s1. The van der Waals surface area contributed by atoms with Gasteiger partial charge in [-0.15, -0.1) is 0 Å². The molecule has 3 heterocycles. The number of nitrogens with zero attached hydrogens (tertiary/aromatic N) is 5. The van der Waals surface area contributed by atoms with Gasteiger partial charge in [-0.1, -0.05) is 42.5 Å². The summed E-state index contributed by atoms with van der Waals surface area (Å²) in [7, 11) is -4.35. The molecular formula is C23H28N7O5P. The maximum absolute atomic E-state index is 12.7. The number of rotatable bonds is 9. The SMILES string of the molecule is Nc1ncnc2c1ncn2C1C=CC(COP(=O)(O)NC(=O)[C@@H]2CCCN2OCc2ccccc2)C1. The highest BCUT2D eigenvalue weighted by Gasteiger charge is 2.36. The van der Waals surface area contributed by atoms with Crippen molar-refractivity contribution in [1.29, 1.82) is 0 Å². The number of hydrogen-bond donors (Lipinski definition) is 3. The highest BCUT2D eigenvalue weighted by atomic mass is 31.2. The molecular weight excluding hydrogens is 485 g/mol. The lowest BCUT2D eigenvalue weighted by atomic mass is 10.1. The summed E-state index contributed by atoms with van der Waals surface area (Å²) in [6.07, 6.45) is 8.81. The average molecular weight is 513 g/mol. The first-order valence-electron chi connectivity index (χ1n) is 11.7. The summed E-state index contributed by atoms with van der Waals surface area (Å²) in [6.45, 7) is 0.858. The Balaban J connectivity index is 1.12. The monoisotopic (exact) mass is 513 g/mol. The summed E-state index contributed by atoms with van der Waals surface area (Å²) in [6, 6.07) is 8.90. The summed E-state index contributed by atoms with van der Waals surface area (Å²) < 4.78 is 19.8. The van der Waals surface area contributed by atoms with Gasteiger partial charge >= 0.3 is 7.75 Å². The number of nitrogen functional groups attached to an aromatic ring is 1. The topological polar surface area (TPSA) is 158 Å². The minimum Gasteiger partial charge on any atom is -0.382 e. The summed E-state index contributed by atoms with van der Waals surface area (Å²) in [5.41, 5.74) is 7.98. The largest absolute Gasteiger partial charge is 0.432 e. The van der Waals surface area contributed by atoms with Crippen LogP contribution in [0, 0.1) is 5.92 Å². The van der Waals surface area contributed by atoms with Crippen LogP contribution in [-0.2, 0) is 25.3 Å². The van der Waals surface area contributed by atoms with E-state index < -0.39 is 19.7 Å². The van der Waals surface area contributed by atoms with E-state index in [0.29, 0.717) is 43.0 Å². The Morgan fingerprint density at radius 1 is 1.22 bits per heavy atom. The molecule has 0 saturated carbocycles. The van der Waals surface area contributed by atoms with Crippen molar-refractivity contribution >= 4 is 30.6 Å². The first-order valence-corrected chi connectivity index (χ1v) is 13.3. The van der Waals surface area contributed by atoms with Gasteiger partial charge in [0.15, 0.2) is 11.5 Å². The van der Waals surface area contributed by atoms with Gasteiger partial charge in [0.2, 0.25) is 5.91 Å². The minimum absolute atomic E-state index is 0.0241. The highest BCUT2D eigenvalue weighted by Crippen LogP contribution is 2.40. The van der Waals surface area contributed by atoms with Crippen LogP contribution in [0.4, 0.5) is 5.82 Å². The van der Waals surface area contributed by atoms with Gasteiger partial charge in [0, 0.05) is 12.5 Å². The first-order chi connectivity index (χ1) is 17.4. The molecule has 1 amide bonds. The molecule has 4 N–H and O–H groups in total. The van der Waals surface area contributed by atoms with Crippen LogP contribution in [0.3, 0.4) is 0 Å². The number of hydroxylamine groups is 2. The number of amides is 1. The first kappa shape index (κ1) is 24.5. The van der Waals surface area contributed by atoms with Crippen molar-refractivity contribution < 1.29 is 23.6 Å². The third-order valence-electron chi connectivity index (χ3n) is 6.36. The number of anilines is 1. The second-order valence-corrected chi connectivity index (χ2v) is 10.4. The van der Waals surface area contributed by atoms with Crippen LogP contribution in [-0.4, -0.2) is 54.6 Å². The lowest BCUT2D eigenvalue weighted by Crippen LogP contribution is -2.42. The second-order valence-electron chi connectivity index (χ2n) is 8.88. The molecule has 36 heavy (non-hydrogen) atoms. The van der Waals surface area contributed by atoms with Gasteiger partial charge in [-0.25, -0.2) is 19.5 Å². The fourth-order valence-electron chi connectivity index (χ4n) is 4.53. The zero-order chi connectivity index (χ0) is 25.1. The Hall–Kier alpha value is -3.15. The van der Waals surface area contributed by atoms with Crippen LogP contribution in [0.25, 0.3) is 11.2 Å². The van der Waals surface area contributed by atoms with Crippen molar-refractivity contribution in [3.8, 4) is 0 Å². The fourth-order valence-corrected chi connectivity index (χ4v) is 5.41. The number of carbonyl (C=O) groups excluding carboxylic acids is 1. The van der Waals surface area contributed by atoms with Crippen LogP contribution in [0.1, 0.15) is 30.9 Å². The molecule has 1 saturated heterocycles. The smallest absolute Gasteiger partial charge is 0.382 e. The number of hydrogen-bond acceptors (Lipinski definition) is 9. The van der Waals surface area contributed by atoms with E-state index in [1.165, 1.54) is 6.33 Å². The number of nitrogens with one attached hydrogen (secondary N) is 1. The van der Waals surface area contributed by atoms with Gasteiger partial charge in [-0.05, 0) is 24.8 Å². The van der Waals surface area contributed by atoms with E-state index in [1.54, 1.807) is 11.4 Å².